The molecule has 0 radical (unpaired) electrons. The molecule has 0 saturated carbocycles. The molecule has 1 aliphatic heterocycles. The van der Waals surface area contributed by atoms with Crippen molar-refractivity contribution in [1.29, 1.82) is 0 Å². The van der Waals surface area contributed by atoms with Crippen LogP contribution in [-0.2, 0) is 6.54 Å². The minimum absolute atomic E-state index is 0.0246. The van der Waals surface area contributed by atoms with Crippen LogP contribution in [0.1, 0.15) is 19.7 Å². The smallest absolute Gasteiger partial charge is 0.358 e. The van der Waals surface area contributed by atoms with Crippen molar-refractivity contribution >= 4 is 11.6 Å². The molecule has 7 heteroatoms. The van der Waals surface area contributed by atoms with E-state index in [0.717, 1.165) is 19.6 Å². The fraction of sp³-hybridized carbons (Fsp3) is 0.727. The van der Waals surface area contributed by atoms with Gasteiger partial charge in [0.05, 0.1) is 0 Å². The zero-order chi connectivity index (χ0) is 13.3. The Kier molecular flexibility index (Phi) is 3.51. The van der Waals surface area contributed by atoms with E-state index in [2.05, 4.69) is 22.1 Å². The second-order valence-corrected chi connectivity index (χ2v) is 4.61. The molecule has 1 aromatic heterocycles. The summed E-state index contributed by atoms with van der Waals surface area (Å²) in [7, 11) is 0. The maximum Gasteiger partial charge on any atom is 0.406 e. The van der Waals surface area contributed by atoms with Crippen LogP contribution < -0.4 is 10.2 Å². The van der Waals surface area contributed by atoms with E-state index >= 15 is 0 Å². The van der Waals surface area contributed by atoms with Crippen molar-refractivity contribution in [2.45, 2.75) is 33.4 Å². The van der Waals surface area contributed by atoms with Crippen LogP contribution in [-0.4, -0.2) is 40.2 Å². The molecule has 1 fully saturated rings. The summed E-state index contributed by atoms with van der Waals surface area (Å²) >= 11 is 0. The molecule has 0 spiro atoms. The third kappa shape index (κ3) is 2.17. The van der Waals surface area contributed by atoms with Crippen molar-refractivity contribution in [3.8, 4) is 0 Å². The Balaban J connectivity index is 2.43. The first kappa shape index (κ1) is 12.8. The molecule has 2 heterocycles. The van der Waals surface area contributed by atoms with Crippen molar-refractivity contribution in [2.75, 3.05) is 24.5 Å². The van der Waals surface area contributed by atoms with Gasteiger partial charge in [0.2, 0.25) is 11.6 Å². The van der Waals surface area contributed by atoms with Crippen LogP contribution in [0.2, 0.25) is 0 Å². The molecule has 1 atom stereocenters. The highest BCUT2D eigenvalue weighted by molar-refractivity contribution is 5.56. The molecule has 0 aromatic carbocycles. The molecule has 100 valence electrons. The number of hydrogen-bond acceptors (Lipinski definition) is 5. The van der Waals surface area contributed by atoms with Gasteiger partial charge in [-0.1, -0.05) is 0 Å². The molecule has 1 saturated heterocycles. The normalized spacial score (nSPS) is 20.2. The van der Waals surface area contributed by atoms with Crippen molar-refractivity contribution in [3.63, 3.8) is 0 Å². The maximum atomic E-state index is 11.1. The van der Waals surface area contributed by atoms with Crippen molar-refractivity contribution in [2.24, 2.45) is 0 Å². The number of nitro groups is 1. The first-order chi connectivity index (χ1) is 8.54. The lowest BCUT2D eigenvalue weighted by Gasteiger charge is -2.33. The molecular formula is C11H19N5O2. The molecule has 0 amide bonds. The molecule has 2 rings (SSSR count). The Morgan fingerprint density at radius 2 is 2.33 bits per heavy atom. The lowest BCUT2D eigenvalue weighted by molar-refractivity contribution is -0.388. The lowest BCUT2D eigenvalue weighted by atomic mass is 10.2. The minimum atomic E-state index is -0.388. The van der Waals surface area contributed by atoms with Crippen LogP contribution in [0.3, 0.4) is 0 Å². The van der Waals surface area contributed by atoms with E-state index < -0.39 is 0 Å². The van der Waals surface area contributed by atoms with Crippen molar-refractivity contribution < 1.29 is 4.92 Å². The predicted molar refractivity (Wildman–Crippen MR) is 69.0 cm³/mol. The van der Waals surface area contributed by atoms with E-state index in [9.17, 15) is 10.1 Å². The molecule has 0 aliphatic carbocycles. The highest BCUT2D eigenvalue weighted by atomic mass is 16.6. The van der Waals surface area contributed by atoms with Gasteiger partial charge in [-0.05, 0) is 23.8 Å². The highest BCUT2D eigenvalue weighted by Crippen LogP contribution is 2.29. The number of anilines is 1. The van der Waals surface area contributed by atoms with Gasteiger partial charge in [0.25, 0.3) is 0 Å². The molecule has 0 bridgehead atoms. The number of aromatic nitrogens is 2. The van der Waals surface area contributed by atoms with Crippen LogP contribution >= 0.6 is 0 Å². The van der Waals surface area contributed by atoms with Gasteiger partial charge < -0.3 is 20.3 Å². The summed E-state index contributed by atoms with van der Waals surface area (Å²) in [6.45, 7) is 8.95. The molecule has 1 N–H and O–H groups in total. The number of aryl methyl sites for hydroxylation is 1. The zero-order valence-corrected chi connectivity index (χ0v) is 11.0. The van der Waals surface area contributed by atoms with Crippen LogP contribution in [0, 0.1) is 17.0 Å². The van der Waals surface area contributed by atoms with Crippen LogP contribution in [0.15, 0.2) is 0 Å². The van der Waals surface area contributed by atoms with Gasteiger partial charge in [-0.2, -0.15) is 0 Å². The first-order valence-corrected chi connectivity index (χ1v) is 6.24. The van der Waals surface area contributed by atoms with Gasteiger partial charge in [0, 0.05) is 39.1 Å². The van der Waals surface area contributed by atoms with Gasteiger partial charge >= 0.3 is 5.82 Å². The Morgan fingerprint density at radius 1 is 1.61 bits per heavy atom. The van der Waals surface area contributed by atoms with Crippen LogP contribution in [0.25, 0.3) is 0 Å². The maximum absolute atomic E-state index is 11.1. The number of nitrogens with one attached hydrogen (secondary N) is 1. The Morgan fingerprint density at radius 3 is 2.89 bits per heavy atom. The Bertz CT molecular complexity index is 457. The molecule has 1 aromatic rings. The third-order valence-electron chi connectivity index (χ3n) is 3.27. The minimum Gasteiger partial charge on any atom is -0.358 e. The number of piperazine rings is 1. The average Bonchev–Trinajstić information content (AvgIpc) is 2.66. The van der Waals surface area contributed by atoms with Crippen molar-refractivity contribution in [3.05, 3.63) is 15.9 Å². The first-order valence-electron chi connectivity index (χ1n) is 6.24. The summed E-state index contributed by atoms with van der Waals surface area (Å²) in [5, 5.41) is 14.4. The fourth-order valence-electron chi connectivity index (χ4n) is 2.48. The molecule has 7 nitrogen and oxygen atoms in total. The van der Waals surface area contributed by atoms with Crippen molar-refractivity contribution in [1.82, 2.24) is 14.9 Å². The van der Waals surface area contributed by atoms with E-state index in [0.29, 0.717) is 24.2 Å². The van der Waals surface area contributed by atoms with E-state index in [1.165, 1.54) is 0 Å². The molecule has 1 aliphatic rings. The van der Waals surface area contributed by atoms with Gasteiger partial charge in [-0.25, -0.2) is 0 Å². The second-order valence-electron chi connectivity index (χ2n) is 4.61. The second kappa shape index (κ2) is 4.93. The number of hydrogen-bond donors (Lipinski definition) is 1. The van der Waals surface area contributed by atoms with Gasteiger partial charge in [0.15, 0.2) is 0 Å². The van der Waals surface area contributed by atoms with E-state index in [-0.39, 0.29) is 10.7 Å². The summed E-state index contributed by atoms with van der Waals surface area (Å²) in [6.07, 6.45) is 0. The van der Waals surface area contributed by atoms with Crippen LogP contribution in [0.4, 0.5) is 11.6 Å². The molecule has 0 unspecified atom stereocenters. The van der Waals surface area contributed by atoms with E-state index in [4.69, 9.17) is 0 Å². The summed E-state index contributed by atoms with van der Waals surface area (Å²) in [5.41, 5.74) is 0. The van der Waals surface area contributed by atoms with Crippen LogP contribution in [0.5, 0.6) is 0 Å². The summed E-state index contributed by atoms with van der Waals surface area (Å²) < 4.78 is 1.91. The summed E-state index contributed by atoms with van der Waals surface area (Å²) in [6, 6.07) is 0.332. The van der Waals surface area contributed by atoms with Gasteiger partial charge in [-0.3, -0.25) is 4.57 Å². The Hall–Kier alpha value is -1.63. The SMILES string of the molecule is CCn1c(C)nc([N+](=O)[O-])c1N1CCN[C@@H](C)C1. The van der Waals surface area contributed by atoms with E-state index in [1.54, 1.807) is 0 Å². The molecular weight excluding hydrogens is 234 g/mol. The average molecular weight is 253 g/mol. The fourth-order valence-corrected chi connectivity index (χ4v) is 2.48. The molecule has 18 heavy (non-hydrogen) atoms. The standard InChI is InChI=1S/C11H19N5O2/c1-4-15-9(3)13-10(16(17)18)11(15)14-6-5-12-8(2)7-14/h8,12H,4-7H2,1-3H3/t8-/m0/s1. The number of imidazole rings is 1. The van der Waals surface area contributed by atoms with Gasteiger partial charge in [-0.15, -0.1) is 0 Å². The lowest BCUT2D eigenvalue weighted by Crippen LogP contribution is -2.50. The highest BCUT2D eigenvalue weighted by Gasteiger charge is 2.31. The predicted octanol–water partition coefficient (Wildman–Crippen LogP) is 0.918. The quantitative estimate of drug-likeness (QED) is 0.640. The van der Waals surface area contributed by atoms with Gasteiger partial charge in [0.1, 0.15) is 0 Å². The number of rotatable bonds is 3. The largest absolute Gasteiger partial charge is 0.406 e. The summed E-state index contributed by atoms with van der Waals surface area (Å²) in [5.74, 6) is 1.32. The third-order valence-corrected chi connectivity index (χ3v) is 3.27. The zero-order valence-electron chi connectivity index (χ0n) is 11.0. The topological polar surface area (TPSA) is 76.2 Å². The number of nitrogens with zero attached hydrogens (tertiary/aromatic N) is 4. The Labute approximate surface area is 106 Å². The van der Waals surface area contributed by atoms with E-state index in [1.807, 2.05) is 18.4 Å². The summed E-state index contributed by atoms with van der Waals surface area (Å²) in [4.78, 5) is 16.9. The monoisotopic (exact) mass is 253 g/mol.